The van der Waals surface area contributed by atoms with Crippen LogP contribution in [0.25, 0.3) is 32.9 Å². The van der Waals surface area contributed by atoms with E-state index in [1.165, 1.54) is 6.08 Å². The Morgan fingerprint density at radius 2 is 1.83 bits per heavy atom. The van der Waals surface area contributed by atoms with Gasteiger partial charge in [0.2, 0.25) is 5.91 Å². The molecule has 1 saturated carbocycles. The van der Waals surface area contributed by atoms with Crippen LogP contribution in [0.4, 0.5) is 19.0 Å². The van der Waals surface area contributed by atoms with Gasteiger partial charge in [0.1, 0.15) is 17.4 Å². The Morgan fingerprint density at radius 1 is 1.09 bits per heavy atom. The van der Waals surface area contributed by atoms with Gasteiger partial charge in [-0.25, -0.2) is 8.42 Å². The minimum atomic E-state index is -4.63. The van der Waals surface area contributed by atoms with E-state index < -0.39 is 33.5 Å². The van der Waals surface area contributed by atoms with Crippen molar-refractivity contribution >= 4 is 43.4 Å². The van der Waals surface area contributed by atoms with Crippen LogP contribution >= 0.6 is 0 Å². The van der Waals surface area contributed by atoms with Crippen molar-refractivity contribution < 1.29 is 35.9 Å². The summed E-state index contributed by atoms with van der Waals surface area (Å²) in [6.45, 7) is 9.84. The summed E-state index contributed by atoms with van der Waals surface area (Å²) in [4.78, 5) is 25.9. The Labute approximate surface area is 305 Å². The number of hydrogen-bond acceptors (Lipinski definition) is 9. The number of halogens is 3. The number of hydrogen-bond donors (Lipinski definition) is 1. The summed E-state index contributed by atoms with van der Waals surface area (Å²) in [7, 11) is -3.35. The molecule has 282 valence electrons. The third kappa shape index (κ3) is 6.48. The van der Waals surface area contributed by atoms with Gasteiger partial charge in [-0.2, -0.15) is 28.2 Å². The number of fused-ring (bicyclic) bond motifs is 2. The Bertz CT molecular complexity index is 2230. The van der Waals surface area contributed by atoms with Crippen molar-refractivity contribution in [3.63, 3.8) is 0 Å². The monoisotopic (exact) mass is 752 g/mol. The lowest BCUT2D eigenvalue weighted by Crippen LogP contribution is -2.61. The van der Waals surface area contributed by atoms with Crippen molar-refractivity contribution in [2.24, 2.45) is 5.41 Å². The van der Waals surface area contributed by atoms with Crippen LogP contribution < -0.4 is 14.4 Å². The second-order valence-corrected chi connectivity index (χ2v) is 18.6. The van der Waals surface area contributed by atoms with Gasteiger partial charge in [0.15, 0.2) is 22.2 Å². The number of sulfone groups is 1. The van der Waals surface area contributed by atoms with Gasteiger partial charge in [-0.15, -0.1) is 0 Å². The minimum Gasteiger partial charge on any atom is -0.481 e. The van der Waals surface area contributed by atoms with E-state index in [0.717, 1.165) is 53.3 Å². The number of alkyl halides is 3. The van der Waals surface area contributed by atoms with E-state index in [2.05, 4.69) is 21.7 Å². The molecule has 1 spiro atoms. The van der Waals surface area contributed by atoms with Crippen LogP contribution in [0.15, 0.2) is 37.1 Å². The molecule has 4 fully saturated rings. The molecular weight excluding hydrogens is 710 g/mol. The number of rotatable bonds is 8. The largest absolute Gasteiger partial charge is 0.481 e. The average Bonchev–Trinajstić information content (AvgIpc) is 3.83. The van der Waals surface area contributed by atoms with Crippen molar-refractivity contribution in [2.75, 3.05) is 43.4 Å². The molecule has 5 heterocycles. The minimum absolute atomic E-state index is 0.00429. The number of nitrogens with one attached hydrogen (secondary N) is 1. The molecule has 2 aromatic heterocycles. The van der Waals surface area contributed by atoms with Crippen LogP contribution in [0.5, 0.6) is 11.8 Å². The molecule has 3 aliphatic heterocycles. The Hall–Kier alpha value is -4.40. The fourth-order valence-corrected chi connectivity index (χ4v) is 9.95. The topological polar surface area (TPSA) is 131 Å². The number of aromatic nitrogens is 4. The number of anilines is 1. The highest BCUT2D eigenvalue weighted by atomic mass is 32.2. The summed E-state index contributed by atoms with van der Waals surface area (Å²) in [6, 6.07) is 5.79. The van der Waals surface area contributed by atoms with Gasteiger partial charge in [-0.05, 0) is 93.7 Å². The van der Waals surface area contributed by atoms with Crippen LogP contribution in [-0.4, -0.2) is 95.0 Å². The number of benzene rings is 2. The maximum Gasteiger partial charge on any atom is 0.422 e. The highest BCUT2D eigenvalue weighted by molar-refractivity contribution is 7.92. The van der Waals surface area contributed by atoms with E-state index in [1.807, 2.05) is 25.1 Å². The third-order valence-corrected chi connectivity index (χ3v) is 14.2. The number of piperidine rings is 1. The second-order valence-electron chi connectivity index (χ2n) is 15.9. The smallest absolute Gasteiger partial charge is 0.422 e. The number of carbonyl (C=O) groups excluding carboxylic acids is 1. The van der Waals surface area contributed by atoms with Gasteiger partial charge in [0, 0.05) is 54.4 Å². The molecule has 1 aliphatic carbocycles. The molecule has 1 amide bonds. The molecule has 0 bridgehead atoms. The van der Waals surface area contributed by atoms with Crippen molar-refractivity contribution in [1.29, 1.82) is 0 Å². The van der Waals surface area contributed by atoms with E-state index in [4.69, 9.17) is 19.4 Å². The van der Waals surface area contributed by atoms with Gasteiger partial charge in [-0.3, -0.25) is 9.89 Å². The standard InChI is InChI=1S/C38H43F3N6O5S/c1-5-29(48)47-19-37(20-47)11-13-46(14-12-37)34-26-16-25(23-7-8-23)31(30-22(2)6-9-28-27(30)18-42-45-28)33(51-21-38(39,40)41)32(26)43-35(44-34)52-24-10-15-53(49,50)36(3,4)17-24/h5-6,9,16,18,23-24H,1,7-8,10-15,17,19-21H2,2-4H3,(H,42,45). The van der Waals surface area contributed by atoms with Gasteiger partial charge in [0.05, 0.1) is 22.2 Å². The Kier molecular flexibility index (Phi) is 8.46. The van der Waals surface area contributed by atoms with E-state index >= 15 is 0 Å². The molecule has 4 aromatic rings. The Morgan fingerprint density at radius 3 is 2.49 bits per heavy atom. The molecule has 53 heavy (non-hydrogen) atoms. The quantitative estimate of drug-likeness (QED) is 0.197. The van der Waals surface area contributed by atoms with Crippen LogP contribution in [0.2, 0.25) is 0 Å². The fraction of sp³-hybridized carbons (Fsp3) is 0.526. The zero-order chi connectivity index (χ0) is 37.5. The summed E-state index contributed by atoms with van der Waals surface area (Å²) < 4.78 is 79.0. The molecule has 2 aromatic carbocycles. The summed E-state index contributed by atoms with van der Waals surface area (Å²) in [5.74, 6) is 0.492. The summed E-state index contributed by atoms with van der Waals surface area (Å²) in [5.41, 5.74) is 3.90. The zero-order valence-corrected chi connectivity index (χ0v) is 30.9. The maximum atomic E-state index is 14.1. The first kappa shape index (κ1) is 35.6. The van der Waals surface area contributed by atoms with Gasteiger partial charge >= 0.3 is 12.2 Å². The molecule has 11 nitrogen and oxygen atoms in total. The SMILES string of the molecule is C=CC(=O)N1CC2(CCN(c3nc(OC4CCS(=O)(=O)C(C)(C)C4)nc4c(OCC(F)(F)F)c(-c5c(C)ccc6[nH]ncc56)c(C5CC5)cc34)CC2)C1. The molecule has 3 saturated heterocycles. The Balaban J connectivity index is 1.29. The van der Waals surface area contributed by atoms with E-state index in [9.17, 15) is 26.4 Å². The second kappa shape index (κ2) is 12.6. The first-order valence-corrected chi connectivity index (χ1v) is 19.8. The number of nitrogens with zero attached hydrogens (tertiary/aromatic N) is 5. The number of aryl methyl sites for hydroxylation is 1. The molecule has 0 radical (unpaired) electrons. The van der Waals surface area contributed by atoms with Gasteiger partial charge in [-0.1, -0.05) is 12.6 Å². The summed E-state index contributed by atoms with van der Waals surface area (Å²) >= 11 is 0. The predicted octanol–water partition coefficient (Wildman–Crippen LogP) is 6.65. The molecular formula is C38H43F3N6O5S. The summed E-state index contributed by atoms with van der Waals surface area (Å²) in [5, 5.41) is 8.56. The zero-order valence-electron chi connectivity index (χ0n) is 30.1. The number of carbonyl (C=O) groups is 1. The lowest BCUT2D eigenvalue weighted by Gasteiger charge is -2.54. The fourth-order valence-electron chi connectivity index (χ4n) is 8.39. The maximum absolute atomic E-state index is 14.1. The molecule has 8 rings (SSSR count). The lowest BCUT2D eigenvalue weighted by atomic mass is 9.72. The highest BCUT2D eigenvalue weighted by Gasteiger charge is 2.47. The third-order valence-electron chi connectivity index (χ3n) is 11.6. The van der Waals surface area contributed by atoms with Crippen molar-refractivity contribution in [3.05, 3.63) is 48.2 Å². The predicted molar refractivity (Wildman–Crippen MR) is 195 cm³/mol. The van der Waals surface area contributed by atoms with Gasteiger partial charge < -0.3 is 19.3 Å². The van der Waals surface area contributed by atoms with E-state index in [0.29, 0.717) is 42.9 Å². The van der Waals surface area contributed by atoms with Crippen molar-refractivity contribution in [1.82, 2.24) is 25.1 Å². The molecule has 4 aliphatic rings. The number of amides is 1. The molecule has 1 N–H and O–H groups in total. The normalized spacial score (nSPS) is 22.2. The van der Waals surface area contributed by atoms with E-state index in [-0.39, 0.29) is 53.1 Å². The van der Waals surface area contributed by atoms with Crippen LogP contribution in [-0.2, 0) is 14.6 Å². The first-order chi connectivity index (χ1) is 25.1. The molecule has 1 unspecified atom stereocenters. The van der Waals surface area contributed by atoms with E-state index in [1.54, 1.807) is 24.9 Å². The van der Waals surface area contributed by atoms with Crippen molar-refractivity contribution in [3.8, 4) is 22.9 Å². The highest BCUT2D eigenvalue weighted by Crippen LogP contribution is 2.53. The molecule has 15 heteroatoms. The number of ether oxygens (including phenoxy) is 2. The van der Waals surface area contributed by atoms with Crippen LogP contribution in [0.3, 0.4) is 0 Å². The van der Waals surface area contributed by atoms with Gasteiger partial charge in [0.25, 0.3) is 0 Å². The first-order valence-electron chi connectivity index (χ1n) is 18.1. The number of H-pyrrole nitrogens is 1. The van der Waals surface area contributed by atoms with Crippen LogP contribution in [0, 0.1) is 12.3 Å². The molecule has 1 atom stereocenters. The number of likely N-dealkylation sites (tertiary alicyclic amines) is 1. The average molecular weight is 753 g/mol. The number of aromatic amines is 1. The lowest BCUT2D eigenvalue weighted by molar-refractivity contribution is -0.153. The summed E-state index contributed by atoms with van der Waals surface area (Å²) in [6.07, 6.45) is 1.63. The van der Waals surface area contributed by atoms with Crippen LogP contribution in [0.1, 0.15) is 69.4 Å². The van der Waals surface area contributed by atoms with Crippen molar-refractivity contribution in [2.45, 2.75) is 82.2 Å².